The van der Waals surface area contributed by atoms with E-state index in [1.807, 2.05) is 0 Å². The van der Waals surface area contributed by atoms with Gasteiger partial charge in [0.1, 0.15) is 17.8 Å². The van der Waals surface area contributed by atoms with E-state index in [4.69, 9.17) is 0 Å². The summed E-state index contributed by atoms with van der Waals surface area (Å²) in [7, 11) is -1.40. The third kappa shape index (κ3) is 3.15. The molecule has 0 aliphatic carbocycles. The van der Waals surface area contributed by atoms with Crippen LogP contribution < -0.4 is 5.32 Å². The van der Waals surface area contributed by atoms with Crippen molar-refractivity contribution in [3.8, 4) is 0 Å². The van der Waals surface area contributed by atoms with E-state index in [-0.39, 0.29) is 10.6 Å². The lowest BCUT2D eigenvalue weighted by Gasteiger charge is -2.06. The van der Waals surface area contributed by atoms with Crippen molar-refractivity contribution in [2.45, 2.75) is 4.90 Å². The van der Waals surface area contributed by atoms with Gasteiger partial charge in [-0.15, -0.1) is 0 Å². The summed E-state index contributed by atoms with van der Waals surface area (Å²) < 4.78 is 24.8. The normalized spacial score (nSPS) is 11.9. The molecule has 1 heterocycles. The molecule has 0 saturated heterocycles. The van der Waals surface area contributed by atoms with Gasteiger partial charge in [-0.1, -0.05) is 0 Å². The Morgan fingerprint density at radius 3 is 2.60 bits per heavy atom. The second-order valence-corrected chi connectivity index (χ2v) is 5.23. The fourth-order valence-electron chi connectivity index (χ4n) is 1.53. The summed E-state index contributed by atoms with van der Waals surface area (Å²) >= 11 is 0. The number of aromatic nitrogens is 1. The smallest absolute Gasteiger partial charge is 0.287 e. The standard InChI is InChI=1S/C12H10FN3O3S/c1-20(19)11-4-2-8(6-10(11)13)15-12-5-3-9(7-14-12)16(17)18/h2-7H,1H3,(H,14,15). The van der Waals surface area contributed by atoms with Crippen molar-refractivity contribution in [2.75, 3.05) is 11.6 Å². The number of nitro groups is 1. The van der Waals surface area contributed by atoms with E-state index in [0.29, 0.717) is 11.5 Å². The molecule has 0 aliphatic rings. The molecule has 0 amide bonds. The number of pyridine rings is 1. The summed E-state index contributed by atoms with van der Waals surface area (Å²) in [4.78, 5) is 13.9. The Kier molecular flexibility index (Phi) is 4.04. The molecule has 0 saturated carbocycles. The second-order valence-electron chi connectivity index (χ2n) is 3.88. The monoisotopic (exact) mass is 295 g/mol. The SMILES string of the molecule is CS(=O)c1ccc(Nc2ccc([N+](=O)[O-])cn2)cc1F. The quantitative estimate of drug-likeness (QED) is 0.692. The number of nitrogens with one attached hydrogen (secondary N) is 1. The molecule has 8 heteroatoms. The van der Waals surface area contributed by atoms with Crippen molar-refractivity contribution in [2.24, 2.45) is 0 Å². The maximum absolute atomic E-state index is 13.6. The summed E-state index contributed by atoms with van der Waals surface area (Å²) in [5.74, 6) is -0.238. The highest BCUT2D eigenvalue weighted by molar-refractivity contribution is 7.84. The Morgan fingerprint density at radius 1 is 1.35 bits per heavy atom. The number of halogens is 1. The van der Waals surface area contributed by atoms with Crippen molar-refractivity contribution < 1.29 is 13.5 Å². The average Bonchev–Trinajstić information content (AvgIpc) is 2.39. The average molecular weight is 295 g/mol. The molecular formula is C12H10FN3O3S. The van der Waals surface area contributed by atoms with E-state index < -0.39 is 21.5 Å². The van der Waals surface area contributed by atoms with Gasteiger partial charge in [0.05, 0.1) is 20.6 Å². The van der Waals surface area contributed by atoms with Crippen LogP contribution in [0.1, 0.15) is 0 Å². The molecule has 1 aromatic carbocycles. The van der Waals surface area contributed by atoms with E-state index in [2.05, 4.69) is 10.3 Å². The zero-order valence-corrected chi connectivity index (χ0v) is 11.2. The van der Waals surface area contributed by atoms with Crippen LogP contribution in [0.2, 0.25) is 0 Å². The first-order valence-electron chi connectivity index (χ1n) is 5.48. The molecule has 0 fully saturated rings. The van der Waals surface area contributed by atoms with Crippen molar-refractivity contribution in [1.29, 1.82) is 0 Å². The highest BCUT2D eigenvalue weighted by Crippen LogP contribution is 2.21. The molecule has 0 bridgehead atoms. The first-order valence-corrected chi connectivity index (χ1v) is 7.03. The number of nitrogens with zero attached hydrogens (tertiary/aromatic N) is 2. The lowest BCUT2D eigenvalue weighted by molar-refractivity contribution is -0.385. The second kappa shape index (κ2) is 5.74. The zero-order chi connectivity index (χ0) is 14.7. The van der Waals surface area contributed by atoms with Crippen molar-refractivity contribution in [1.82, 2.24) is 4.98 Å². The number of rotatable bonds is 4. The summed E-state index contributed by atoms with van der Waals surface area (Å²) in [6.07, 6.45) is 2.50. The van der Waals surface area contributed by atoms with Crippen molar-refractivity contribution in [3.63, 3.8) is 0 Å². The summed E-state index contributed by atoms with van der Waals surface area (Å²) in [5, 5.41) is 13.3. The molecule has 0 radical (unpaired) electrons. The van der Waals surface area contributed by atoms with Crippen LogP contribution in [0.25, 0.3) is 0 Å². The van der Waals surface area contributed by atoms with Crippen LogP contribution in [0.4, 0.5) is 21.6 Å². The van der Waals surface area contributed by atoms with Gasteiger partial charge in [-0.05, 0) is 24.3 Å². The van der Waals surface area contributed by atoms with Crippen molar-refractivity contribution in [3.05, 3.63) is 52.5 Å². The van der Waals surface area contributed by atoms with Gasteiger partial charge < -0.3 is 5.32 Å². The van der Waals surface area contributed by atoms with Gasteiger partial charge in [-0.2, -0.15) is 0 Å². The summed E-state index contributed by atoms with van der Waals surface area (Å²) in [6, 6.07) is 6.88. The van der Waals surface area contributed by atoms with Crippen molar-refractivity contribution >= 4 is 28.0 Å². The Balaban J connectivity index is 2.19. The van der Waals surface area contributed by atoms with Gasteiger partial charge in [-0.25, -0.2) is 9.37 Å². The molecule has 1 atom stereocenters. The Labute approximate surface area is 116 Å². The first-order chi connectivity index (χ1) is 9.47. The van der Waals surface area contributed by atoms with Crippen LogP contribution in [0.5, 0.6) is 0 Å². The maximum atomic E-state index is 13.6. The van der Waals surface area contributed by atoms with E-state index >= 15 is 0 Å². The van der Waals surface area contributed by atoms with E-state index in [9.17, 15) is 18.7 Å². The minimum Gasteiger partial charge on any atom is -0.340 e. The predicted molar refractivity (Wildman–Crippen MR) is 72.9 cm³/mol. The van der Waals surface area contributed by atoms with Gasteiger partial charge in [0.2, 0.25) is 0 Å². The molecule has 2 aromatic rings. The zero-order valence-electron chi connectivity index (χ0n) is 10.4. The molecule has 6 nitrogen and oxygen atoms in total. The highest BCUT2D eigenvalue weighted by atomic mass is 32.2. The number of benzene rings is 1. The van der Waals surface area contributed by atoms with Crippen LogP contribution in [-0.4, -0.2) is 20.4 Å². The maximum Gasteiger partial charge on any atom is 0.287 e. The molecule has 0 spiro atoms. The predicted octanol–water partition coefficient (Wildman–Crippen LogP) is 2.61. The van der Waals surface area contributed by atoms with E-state index in [1.54, 1.807) is 6.07 Å². The van der Waals surface area contributed by atoms with Crippen LogP contribution in [-0.2, 0) is 10.8 Å². The third-order valence-corrected chi connectivity index (χ3v) is 3.42. The molecule has 0 aliphatic heterocycles. The highest BCUT2D eigenvalue weighted by Gasteiger charge is 2.08. The van der Waals surface area contributed by atoms with E-state index in [1.165, 1.54) is 30.5 Å². The van der Waals surface area contributed by atoms with E-state index in [0.717, 1.165) is 6.20 Å². The Morgan fingerprint density at radius 2 is 2.10 bits per heavy atom. The van der Waals surface area contributed by atoms with Gasteiger partial charge >= 0.3 is 0 Å². The largest absolute Gasteiger partial charge is 0.340 e. The summed E-state index contributed by atoms with van der Waals surface area (Å²) in [5.41, 5.74) is 0.288. The Hall–Kier alpha value is -2.35. The molecule has 20 heavy (non-hydrogen) atoms. The molecule has 1 N–H and O–H groups in total. The van der Waals surface area contributed by atoms with Gasteiger partial charge in [0.15, 0.2) is 0 Å². The minimum absolute atomic E-state index is 0.118. The fraction of sp³-hybridized carbons (Fsp3) is 0.0833. The third-order valence-electron chi connectivity index (χ3n) is 2.47. The molecule has 1 unspecified atom stereocenters. The Bertz CT molecular complexity index is 676. The number of hydrogen-bond acceptors (Lipinski definition) is 5. The van der Waals surface area contributed by atoms with Crippen LogP contribution in [0.3, 0.4) is 0 Å². The fourth-order valence-corrected chi connectivity index (χ4v) is 2.12. The van der Waals surface area contributed by atoms with Gasteiger partial charge in [0, 0.05) is 18.0 Å². The molecule has 1 aromatic heterocycles. The number of anilines is 2. The topological polar surface area (TPSA) is 85.1 Å². The van der Waals surface area contributed by atoms with Crippen LogP contribution in [0.15, 0.2) is 41.4 Å². The minimum atomic E-state index is -1.40. The number of hydrogen-bond donors (Lipinski definition) is 1. The molecule has 104 valence electrons. The summed E-state index contributed by atoms with van der Waals surface area (Å²) in [6.45, 7) is 0. The molecular weight excluding hydrogens is 285 g/mol. The first kappa shape index (κ1) is 14.1. The van der Waals surface area contributed by atoms with Crippen LogP contribution >= 0.6 is 0 Å². The van der Waals surface area contributed by atoms with Gasteiger partial charge in [-0.3, -0.25) is 14.3 Å². The van der Waals surface area contributed by atoms with Crippen LogP contribution in [0, 0.1) is 15.9 Å². The lowest BCUT2D eigenvalue weighted by Crippen LogP contribution is -1.98. The molecule has 2 rings (SSSR count). The lowest BCUT2D eigenvalue weighted by atomic mass is 10.3. The van der Waals surface area contributed by atoms with Gasteiger partial charge in [0.25, 0.3) is 5.69 Å².